The summed E-state index contributed by atoms with van der Waals surface area (Å²) in [6.07, 6.45) is 4.23. The van der Waals surface area contributed by atoms with Crippen molar-refractivity contribution in [2.24, 2.45) is 11.7 Å². The molecule has 3 rings (SSSR count). The number of carbonyl (C=O) groups excluding carboxylic acids is 1. The highest BCUT2D eigenvalue weighted by molar-refractivity contribution is 5.91. The first-order valence-electron chi connectivity index (χ1n) is 7.74. The lowest BCUT2D eigenvalue weighted by atomic mass is 9.89. The summed E-state index contributed by atoms with van der Waals surface area (Å²) in [5.74, 6) is 0.785. The summed E-state index contributed by atoms with van der Waals surface area (Å²) in [7, 11) is 0. The first-order valence-corrected chi connectivity index (χ1v) is 7.74. The summed E-state index contributed by atoms with van der Waals surface area (Å²) in [6, 6.07) is 10.4. The molecule has 21 heavy (non-hydrogen) atoms. The van der Waals surface area contributed by atoms with Gasteiger partial charge in [-0.3, -0.25) is 4.79 Å². The molecule has 1 heterocycles. The molecule has 0 radical (unpaired) electrons. The molecule has 2 unspecified atom stereocenters. The van der Waals surface area contributed by atoms with Crippen LogP contribution in [0.15, 0.2) is 30.3 Å². The lowest BCUT2D eigenvalue weighted by Gasteiger charge is -2.36. The zero-order valence-corrected chi connectivity index (χ0v) is 13.4. The monoisotopic (exact) mass is 308 g/mol. The first-order chi connectivity index (χ1) is 9.63. The van der Waals surface area contributed by atoms with Crippen molar-refractivity contribution in [2.75, 3.05) is 13.1 Å². The molecule has 1 aliphatic heterocycles. The second-order valence-corrected chi connectivity index (χ2v) is 6.46. The summed E-state index contributed by atoms with van der Waals surface area (Å²) in [6.45, 7) is 3.80. The molecule has 1 aromatic carbocycles. The van der Waals surface area contributed by atoms with Crippen molar-refractivity contribution in [3.63, 3.8) is 0 Å². The number of likely N-dealkylation sites (tertiary alicyclic amines) is 1. The summed E-state index contributed by atoms with van der Waals surface area (Å²) in [5, 5.41) is 0. The van der Waals surface area contributed by atoms with E-state index in [2.05, 4.69) is 24.0 Å². The van der Waals surface area contributed by atoms with Gasteiger partial charge in [0.25, 0.3) is 0 Å². The van der Waals surface area contributed by atoms with Gasteiger partial charge in [0.2, 0.25) is 5.91 Å². The molecular weight excluding hydrogens is 284 g/mol. The second kappa shape index (κ2) is 6.37. The number of benzene rings is 1. The van der Waals surface area contributed by atoms with Crippen molar-refractivity contribution in [1.29, 1.82) is 0 Å². The fraction of sp³-hybridized carbons (Fsp3) is 0.588. The van der Waals surface area contributed by atoms with Crippen molar-refractivity contribution in [3.05, 3.63) is 35.9 Å². The summed E-state index contributed by atoms with van der Waals surface area (Å²) < 4.78 is 0. The predicted molar refractivity (Wildman–Crippen MR) is 87.6 cm³/mol. The molecule has 1 aromatic rings. The van der Waals surface area contributed by atoms with Crippen LogP contribution in [0.3, 0.4) is 0 Å². The maximum absolute atomic E-state index is 12.9. The van der Waals surface area contributed by atoms with Gasteiger partial charge in [-0.05, 0) is 44.1 Å². The van der Waals surface area contributed by atoms with E-state index >= 15 is 0 Å². The highest BCUT2D eigenvalue weighted by atomic mass is 35.5. The van der Waals surface area contributed by atoms with Gasteiger partial charge in [0.1, 0.15) is 0 Å². The molecule has 1 saturated carbocycles. The van der Waals surface area contributed by atoms with Gasteiger partial charge in [0.15, 0.2) is 0 Å². The number of amides is 1. The maximum Gasteiger partial charge on any atom is 0.233 e. The summed E-state index contributed by atoms with van der Waals surface area (Å²) in [5.41, 5.74) is 6.99. The number of hydrogen-bond acceptors (Lipinski definition) is 2. The van der Waals surface area contributed by atoms with E-state index in [4.69, 9.17) is 5.73 Å². The Morgan fingerprint density at radius 3 is 2.57 bits per heavy atom. The van der Waals surface area contributed by atoms with Gasteiger partial charge in [0.05, 0.1) is 5.41 Å². The van der Waals surface area contributed by atoms with Crippen molar-refractivity contribution >= 4 is 18.3 Å². The van der Waals surface area contributed by atoms with Crippen molar-refractivity contribution in [2.45, 2.75) is 44.1 Å². The van der Waals surface area contributed by atoms with E-state index in [1.54, 1.807) is 0 Å². The lowest BCUT2D eigenvalue weighted by Crippen LogP contribution is -2.48. The molecular formula is C17H25ClN2O. The Kier molecular flexibility index (Phi) is 4.95. The van der Waals surface area contributed by atoms with Crippen LogP contribution in [0.2, 0.25) is 0 Å². The molecule has 2 aliphatic rings. The third-order valence-corrected chi connectivity index (χ3v) is 4.97. The van der Waals surface area contributed by atoms with Gasteiger partial charge in [0, 0.05) is 19.1 Å². The Bertz CT molecular complexity index is 485. The zero-order chi connectivity index (χ0) is 14.2. The van der Waals surface area contributed by atoms with Gasteiger partial charge < -0.3 is 10.6 Å². The average molecular weight is 309 g/mol. The Labute approximate surface area is 133 Å². The van der Waals surface area contributed by atoms with Crippen LogP contribution in [0.25, 0.3) is 0 Å². The van der Waals surface area contributed by atoms with Crippen LogP contribution < -0.4 is 5.73 Å². The van der Waals surface area contributed by atoms with Crippen LogP contribution in [0, 0.1) is 5.92 Å². The van der Waals surface area contributed by atoms with Crippen LogP contribution in [0.1, 0.15) is 38.2 Å². The number of hydrogen-bond donors (Lipinski definition) is 1. The van der Waals surface area contributed by atoms with Gasteiger partial charge in [-0.15, -0.1) is 12.4 Å². The molecule has 1 aliphatic carbocycles. The fourth-order valence-corrected chi connectivity index (χ4v) is 3.43. The van der Waals surface area contributed by atoms with E-state index in [9.17, 15) is 4.79 Å². The number of carbonyl (C=O) groups is 1. The van der Waals surface area contributed by atoms with E-state index in [0.29, 0.717) is 11.8 Å². The van der Waals surface area contributed by atoms with Crippen molar-refractivity contribution in [3.8, 4) is 0 Å². The Hall–Kier alpha value is -1.06. The summed E-state index contributed by atoms with van der Waals surface area (Å²) >= 11 is 0. The molecule has 2 fully saturated rings. The predicted octanol–water partition coefficient (Wildman–Crippen LogP) is 2.73. The van der Waals surface area contributed by atoms with E-state index in [1.807, 2.05) is 18.2 Å². The van der Waals surface area contributed by atoms with E-state index < -0.39 is 0 Å². The normalized spacial score (nSPS) is 24.9. The Morgan fingerprint density at radius 2 is 2.00 bits per heavy atom. The van der Waals surface area contributed by atoms with E-state index in [1.165, 1.54) is 5.56 Å². The molecule has 2 atom stereocenters. The molecule has 0 bridgehead atoms. The van der Waals surface area contributed by atoms with Gasteiger partial charge in [-0.1, -0.05) is 30.3 Å². The number of nitrogens with zero attached hydrogens (tertiary/aromatic N) is 1. The van der Waals surface area contributed by atoms with Crippen LogP contribution in [-0.4, -0.2) is 29.9 Å². The number of piperidine rings is 1. The molecule has 4 heteroatoms. The molecule has 1 saturated heterocycles. The second-order valence-electron chi connectivity index (χ2n) is 6.46. The SMILES string of the molecule is CC(N)C1CCCN(C(=O)C2(c3ccccc3)CC2)C1.Cl. The molecule has 3 nitrogen and oxygen atoms in total. The van der Waals surface area contributed by atoms with Gasteiger partial charge >= 0.3 is 0 Å². The van der Waals surface area contributed by atoms with Crippen LogP contribution in [-0.2, 0) is 10.2 Å². The third kappa shape index (κ3) is 3.09. The maximum atomic E-state index is 12.9. The lowest BCUT2D eigenvalue weighted by molar-refractivity contribution is -0.135. The Balaban J connectivity index is 0.00000161. The molecule has 0 spiro atoms. The largest absolute Gasteiger partial charge is 0.342 e. The number of halogens is 1. The Morgan fingerprint density at radius 1 is 1.33 bits per heavy atom. The van der Waals surface area contributed by atoms with Crippen LogP contribution >= 0.6 is 12.4 Å². The standard InChI is InChI=1S/C17H24N2O.ClH/c1-13(18)14-6-5-11-19(12-14)16(20)17(9-10-17)15-7-3-2-4-8-15;/h2-4,7-8,13-14H,5-6,9-12,18H2,1H3;1H. The van der Waals surface area contributed by atoms with Crippen LogP contribution in [0.4, 0.5) is 0 Å². The minimum Gasteiger partial charge on any atom is -0.342 e. The van der Waals surface area contributed by atoms with Gasteiger partial charge in [-0.2, -0.15) is 0 Å². The van der Waals surface area contributed by atoms with Crippen molar-refractivity contribution < 1.29 is 4.79 Å². The van der Waals surface area contributed by atoms with Crippen LogP contribution in [0.5, 0.6) is 0 Å². The molecule has 1 amide bonds. The molecule has 2 N–H and O–H groups in total. The fourth-order valence-electron chi connectivity index (χ4n) is 3.43. The smallest absolute Gasteiger partial charge is 0.233 e. The third-order valence-electron chi connectivity index (χ3n) is 4.97. The van der Waals surface area contributed by atoms with E-state index in [0.717, 1.165) is 38.8 Å². The van der Waals surface area contributed by atoms with E-state index in [-0.39, 0.29) is 23.9 Å². The minimum atomic E-state index is -0.221. The molecule has 116 valence electrons. The number of nitrogens with two attached hydrogens (primary N) is 1. The first kappa shape index (κ1) is 16.3. The quantitative estimate of drug-likeness (QED) is 0.933. The summed E-state index contributed by atoms with van der Waals surface area (Å²) in [4.78, 5) is 15.0. The zero-order valence-electron chi connectivity index (χ0n) is 12.6. The average Bonchev–Trinajstić information content (AvgIpc) is 3.29. The highest BCUT2D eigenvalue weighted by Gasteiger charge is 2.53. The topological polar surface area (TPSA) is 46.3 Å². The van der Waals surface area contributed by atoms with Gasteiger partial charge in [-0.25, -0.2) is 0 Å². The number of rotatable bonds is 3. The van der Waals surface area contributed by atoms with Crippen molar-refractivity contribution in [1.82, 2.24) is 4.90 Å². The highest BCUT2D eigenvalue weighted by Crippen LogP contribution is 2.49. The minimum absolute atomic E-state index is 0. The molecule has 0 aromatic heterocycles.